The first kappa shape index (κ1) is 15.4. The monoisotopic (exact) mass is 353 g/mol. The van der Waals surface area contributed by atoms with Crippen LogP contribution in [0.2, 0.25) is 0 Å². The van der Waals surface area contributed by atoms with Crippen LogP contribution < -0.4 is 0 Å². The highest BCUT2D eigenvalue weighted by Crippen LogP contribution is 2.32. The second-order valence-corrected chi connectivity index (χ2v) is 8.32. The van der Waals surface area contributed by atoms with Gasteiger partial charge in [-0.3, -0.25) is 9.36 Å². The van der Waals surface area contributed by atoms with Crippen molar-refractivity contribution in [2.75, 3.05) is 0 Å². The number of carbonyl (C=O) groups is 1. The van der Waals surface area contributed by atoms with E-state index < -0.39 is 0 Å². The Kier molecular flexibility index (Phi) is 3.86. The fourth-order valence-electron chi connectivity index (χ4n) is 2.87. The summed E-state index contributed by atoms with van der Waals surface area (Å²) in [6, 6.07) is 16.1. The highest BCUT2D eigenvalue weighted by atomic mass is 32.2. The highest BCUT2D eigenvalue weighted by Gasteiger charge is 2.22. The molecular formula is C18H15N3OS2. The van der Waals surface area contributed by atoms with Crippen LogP contribution in [-0.4, -0.2) is 25.9 Å². The lowest BCUT2D eigenvalue weighted by Gasteiger charge is -2.11. The van der Waals surface area contributed by atoms with Crippen LogP contribution in [0.4, 0.5) is 0 Å². The van der Waals surface area contributed by atoms with Crippen LogP contribution in [-0.2, 0) is 0 Å². The predicted molar refractivity (Wildman–Crippen MR) is 100 cm³/mol. The summed E-state index contributed by atoms with van der Waals surface area (Å²) >= 11 is 2.98. The number of thioether (sulfide) groups is 1. The molecule has 2 aromatic heterocycles. The minimum Gasteiger partial charge on any atom is -0.279 e. The number of hydrogen-bond acceptors (Lipinski definition) is 5. The van der Waals surface area contributed by atoms with Crippen LogP contribution in [0.5, 0.6) is 0 Å². The number of hydrogen-bond donors (Lipinski definition) is 0. The van der Waals surface area contributed by atoms with E-state index in [9.17, 15) is 4.79 Å². The van der Waals surface area contributed by atoms with Gasteiger partial charge in [0, 0.05) is 10.8 Å². The van der Waals surface area contributed by atoms with Crippen LogP contribution >= 0.6 is 23.1 Å². The lowest BCUT2D eigenvalue weighted by atomic mass is 10.2. The Morgan fingerprint density at radius 2 is 1.62 bits per heavy atom. The van der Waals surface area contributed by atoms with E-state index in [1.807, 2.05) is 54.8 Å². The lowest BCUT2D eigenvalue weighted by molar-refractivity contribution is 0.0925. The van der Waals surface area contributed by atoms with Crippen molar-refractivity contribution in [2.45, 2.75) is 23.4 Å². The van der Waals surface area contributed by atoms with Crippen LogP contribution in [0.25, 0.3) is 21.8 Å². The van der Waals surface area contributed by atoms with Crippen LogP contribution in [0, 0.1) is 6.92 Å². The predicted octanol–water partition coefficient (Wildman–Crippen LogP) is 4.78. The van der Waals surface area contributed by atoms with Gasteiger partial charge in [0.25, 0.3) is 0 Å². The Bertz CT molecular complexity index is 997. The van der Waals surface area contributed by atoms with Gasteiger partial charge in [-0.1, -0.05) is 59.5 Å². The average Bonchev–Trinajstić information content (AvgIpc) is 3.15. The Morgan fingerprint density at radius 3 is 2.17 bits per heavy atom. The third-order valence-corrected chi connectivity index (χ3v) is 5.94. The molecule has 4 nitrogen and oxygen atoms in total. The fraction of sp³-hybridized carbons (Fsp3) is 0.167. The van der Waals surface area contributed by atoms with Crippen molar-refractivity contribution in [3.8, 4) is 0 Å². The molecule has 6 heteroatoms. The second kappa shape index (κ2) is 6.03. The molecule has 0 aliphatic heterocycles. The van der Waals surface area contributed by atoms with Gasteiger partial charge in [0.05, 0.1) is 16.3 Å². The van der Waals surface area contributed by atoms with Crippen molar-refractivity contribution in [2.24, 2.45) is 0 Å². The smallest absolute Gasteiger partial charge is 0.244 e. The minimum absolute atomic E-state index is 0.0604. The summed E-state index contributed by atoms with van der Waals surface area (Å²) < 4.78 is 2.66. The standard InChI is InChI=1S/C18H15N3OS2/c1-11(23-18-20-19-12(2)24-18)17(22)21-15-9-5-3-7-13(15)14-8-4-6-10-16(14)21/h3-11H,1-2H3/t11-/m1/s1. The van der Waals surface area contributed by atoms with Gasteiger partial charge in [0.1, 0.15) is 5.01 Å². The number of nitrogens with zero attached hydrogens (tertiary/aromatic N) is 3. The molecule has 1 atom stereocenters. The van der Waals surface area contributed by atoms with E-state index in [-0.39, 0.29) is 11.2 Å². The third-order valence-electron chi connectivity index (χ3n) is 3.93. The molecule has 0 fully saturated rings. The molecule has 4 rings (SSSR count). The summed E-state index contributed by atoms with van der Waals surface area (Å²) in [6.45, 7) is 3.84. The zero-order valence-corrected chi connectivity index (χ0v) is 14.9. The van der Waals surface area contributed by atoms with Crippen LogP contribution in [0.15, 0.2) is 52.9 Å². The second-order valence-electron chi connectivity index (χ2n) is 5.56. The highest BCUT2D eigenvalue weighted by molar-refractivity contribution is 8.02. The Hall–Kier alpha value is -2.18. The summed E-state index contributed by atoms with van der Waals surface area (Å²) in [4.78, 5) is 13.1. The van der Waals surface area contributed by atoms with Crippen molar-refractivity contribution in [1.82, 2.24) is 14.8 Å². The van der Waals surface area contributed by atoms with Crippen LogP contribution in [0.3, 0.4) is 0 Å². The Balaban J connectivity index is 1.80. The molecule has 0 radical (unpaired) electrons. The Labute approximate surface area is 147 Å². The molecule has 0 aliphatic rings. The van der Waals surface area contributed by atoms with Crippen molar-refractivity contribution < 1.29 is 4.79 Å². The number of rotatable bonds is 3. The molecule has 0 saturated carbocycles. The molecule has 0 N–H and O–H groups in total. The van der Waals surface area contributed by atoms with Gasteiger partial charge in [0.2, 0.25) is 5.91 Å². The number of para-hydroxylation sites is 2. The van der Waals surface area contributed by atoms with E-state index in [2.05, 4.69) is 22.3 Å². The first-order valence-corrected chi connectivity index (χ1v) is 9.34. The summed E-state index contributed by atoms with van der Waals surface area (Å²) in [5.41, 5.74) is 1.90. The molecule has 2 heterocycles. The molecular weight excluding hydrogens is 338 g/mol. The van der Waals surface area contributed by atoms with Gasteiger partial charge in [0.15, 0.2) is 4.34 Å². The number of fused-ring (bicyclic) bond motifs is 3. The van der Waals surface area contributed by atoms with E-state index in [0.29, 0.717) is 0 Å². The van der Waals surface area contributed by atoms with Crippen molar-refractivity contribution in [1.29, 1.82) is 0 Å². The molecule has 4 aromatic rings. The van der Waals surface area contributed by atoms with E-state index in [4.69, 9.17) is 0 Å². The molecule has 0 aliphatic carbocycles. The number of benzene rings is 2. The summed E-state index contributed by atoms with van der Waals surface area (Å²) in [7, 11) is 0. The van der Waals surface area contributed by atoms with Crippen LogP contribution in [0.1, 0.15) is 16.7 Å². The summed E-state index contributed by atoms with van der Waals surface area (Å²) in [5, 5.41) is 11.0. The maximum Gasteiger partial charge on any atom is 0.244 e. The molecule has 0 spiro atoms. The Morgan fingerprint density at radius 1 is 1.04 bits per heavy atom. The summed E-state index contributed by atoms with van der Waals surface area (Å²) in [5.74, 6) is 0.0604. The normalized spacial score (nSPS) is 12.8. The maximum absolute atomic E-state index is 13.1. The third kappa shape index (κ3) is 2.52. The zero-order chi connectivity index (χ0) is 16.7. The van der Waals surface area contributed by atoms with Crippen molar-refractivity contribution in [3.63, 3.8) is 0 Å². The van der Waals surface area contributed by atoms with E-state index in [1.54, 1.807) is 0 Å². The molecule has 0 amide bonds. The van der Waals surface area contributed by atoms with E-state index in [0.717, 1.165) is 31.2 Å². The molecule has 120 valence electrons. The van der Waals surface area contributed by atoms with Gasteiger partial charge < -0.3 is 0 Å². The van der Waals surface area contributed by atoms with Gasteiger partial charge in [-0.05, 0) is 26.0 Å². The van der Waals surface area contributed by atoms with Crippen molar-refractivity contribution in [3.05, 3.63) is 53.5 Å². The number of aryl methyl sites for hydroxylation is 1. The van der Waals surface area contributed by atoms with Gasteiger partial charge in [-0.2, -0.15) is 0 Å². The molecule has 0 saturated heterocycles. The zero-order valence-electron chi connectivity index (χ0n) is 13.3. The maximum atomic E-state index is 13.1. The fourth-order valence-corrected chi connectivity index (χ4v) is 4.87. The largest absolute Gasteiger partial charge is 0.279 e. The molecule has 2 aromatic carbocycles. The molecule has 24 heavy (non-hydrogen) atoms. The molecule has 0 unspecified atom stereocenters. The lowest BCUT2D eigenvalue weighted by Crippen LogP contribution is -2.21. The number of carbonyl (C=O) groups excluding carboxylic acids is 1. The summed E-state index contributed by atoms with van der Waals surface area (Å²) in [6.07, 6.45) is 0. The molecule has 0 bridgehead atoms. The SMILES string of the molecule is Cc1nnc(S[C@H](C)C(=O)n2c3ccccc3c3ccccc32)s1. The van der Waals surface area contributed by atoms with Gasteiger partial charge >= 0.3 is 0 Å². The minimum atomic E-state index is -0.239. The van der Waals surface area contributed by atoms with E-state index in [1.165, 1.54) is 23.1 Å². The quantitative estimate of drug-likeness (QED) is 0.498. The topological polar surface area (TPSA) is 47.8 Å². The first-order valence-electron chi connectivity index (χ1n) is 7.64. The van der Waals surface area contributed by atoms with E-state index >= 15 is 0 Å². The van der Waals surface area contributed by atoms with Gasteiger partial charge in [-0.25, -0.2) is 0 Å². The van der Waals surface area contributed by atoms with Crippen molar-refractivity contribution >= 4 is 50.8 Å². The first-order chi connectivity index (χ1) is 11.6. The van der Waals surface area contributed by atoms with Gasteiger partial charge in [-0.15, -0.1) is 10.2 Å². The average molecular weight is 353 g/mol. The number of aromatic nitrogens is 3.